The number of carbonyl (C=O) groups excluding carboxylic acids is 1. The van der Waals surface area contributed by atoms with Crippen molar-refractivity contribution >= 4 is 12.1 Å². The summed E-state index contributed by atoms with van der Waals surface area (Å²) in [6, 6.07) is 0. The van der Waals surface area contributed by atoms with Gasteiger partial charge >= 0.3 is 6.09 Å². The van der Waals surface area contributed by atoms with Crippen molar-refractivity contribution in [2.45, 2.75) is 59.6 Å². The maximum Gasteiger partial charge on any atom is 0.410 e. The van der Waals surface area contributed by atoms with E-state index in [0.29, 0.717) is 18.4 Å². The lowest BCUT2D eigenvalue weighted by Crippen LogP contribution is -2.45. The van der Waals surface area contributed by atoms with Crippen molar-refractivity contribution in [3.05, 3.63) is 17.3 Å². The number of aromatic nitrogens is 1. The predicted octanol–water partition coefficient (Wildman–Crippen LogP) is 2.60. The van der Waals surface area contributed by atoms with Gasteiger partial charge in [0, 0.05) is 26.7 Å². The average molecular weight is 380 g/mol. The molecule has 1 aliphatic heterocycles. The number of likely N-dealkylation sites (tertiary alicyclic amines) is 1. The fourth-order valence-corrected chi connectivity index (χ4v) is 2.88. The molecule has 1 amide bonds. The average Bonchev–Trinajstić information content (AvgIpc) is 2.92. The van der Waals surface area contributed by atoms with Gasteiger partial charge in [-0.2, -0.15) is 0 Å². The maximum absolute atomic E-state index is 12.1. The van der Waals surface area contributed by atoms with Crippen LogP contribution in [-0.4, -0.2) is 54.2 Å². The molecule has 2 heterocycles. The summed E-state index contributed by atoms with van der Waals surface area (Å²) >= 11 is 0. The molecule has 1 fully saturated rings. The van der Waals surface area contributed by atoms with E-state index in [1.165, 1.54) is 0 Å². The molecule has 1 aromatic heterocycles. The normalized spacial score (nSPS) is 16.4. The molecule has 8 heteroatoms. The molecule has 0 aliphatic carbocycles. The number of aliphatic imine (C=N–C) groups is 1. The van der Waals surface area contributed by atoms with Gasteiger partial charge in [0.25, 0.3) is 0 Å². The zero-order valence-electron chi connectivity index (χ0n) is 17.4. The Morgan fingerprint density at radius 2 is 1.96 bits per heavy atom. The van der Waals surface area contributed by atoms with Gasteiger partial charge in [-0.15, -0.1) is 0 Å². The van der Waals surface area contributed by atoms with Crippen LogP contribution in [0.25, 0.3) is 0 Å². The number of piperidine rings is 1. The van der Waals surface area contributed by atoms with Gasteiger partial charge in [-0.05, 0) is 53.4 Å². The van der Waals surface area contributed by atoms with Crippen molar-refractivity contribution in [3.63, 3.8) is 0 Å². The van der Waals surface area contributed by atoms with Crippen molar-refractivity contribution in [2.75, 3.05) is 26.7 Å². The Bertz CT molecular complexity index is 635. The van der Waals surface area contributed by atoms with E-state index in [1.54, 1.807) is 11.9 Å². The highest BCUT2D eigenvalue weighted by molar-refractivity contribution is 5.79. The van der Waals surface area contributed by atoms with Crippen LogP contribution < -0.4 is 10.6 Å². The van der Waals surface area contributed by atoms with Gasteiger partial charge in [-0.25, -0.2) is 9.78 Å². The van der Waals surface area contributed by atoms with Crippen LogP contribution in [-0.2, 0) is 11.3 Å². The summed E-state index contributed by atoms with van der Waals surface area (Å²) in [7, 11) is 1.74. The van der Waals surface area contributed by atoms with Crippen molar-refractivity contribution in [2.24, 2.45) is 10.9 Å². The fourth-order valence-electron chi connectivity index (χ4n) is 2.88. The molecule has 0 saturated carbocycles. The van der Waals surface area contributed by atoms with E-state index in [4.69, 9.17) is 9.15 Å². The third kappa shape index (κ3) is 6.77. The van der Waals surface area contributed by atoms with Gasteiger partial charge in [0.05, 0.1) is 12.2 Å². The van der Waals surface area contributed by atoms with Crippen molar-refractivity contribution in [3.8, 4) is 0 Å². The Morgan fingerprint density at radius 1 is 1.30 bits per heavy atom. The molecule has 1 aliphatic rings. The summed E-state index contributed by atoms with van der Waals surface area (Å²) in [5.74, 6) is 2.71. The Labute approximate surface area is 161 Å². The monoisotopic (exact) mass is 379 g/mol. The second kappa shape index (κ2) is 9.10. The number of oxazole rings is 1. The second-order valence-electron chi connectivity index (χ2n) is 7.97. The molecule has 0 bridgehead atoms. The molecular formula is C19H33N5O3. The van der Waals surface area contributed by atoms with Gasteiger partial charge < -0.3 is 24.7 Å². The maximum atomic E-state index is 12.1. The first-order chi connectivity index (χ1) is 12.7. The zero-order chi connectivity index (χ0) is 20.0. The van der Waals surface area contributed by atoms with Crippen LogP contribution in [0.4, 0.5) is 4.79 Å². The lowest BCUT2D eigenvalue weighted by Gasteiger charge is -2.33. The number of carbonyl (C=O) groups is 1. The number of hydrogen-bond donors (Lipinski definition) is 2. The number of amides is 1. The summed E-state index contributed by atoms with van der Waals surface area (Å²) in [4.78, 5) is 22.5. The minimum absolute atomic E-state index is 0.220. The number of ether oxygens (including phenoxy) is 1. The molecule has 0 spiro atoms. The molecule has 0 atom stereocenters. The van der Waals surface area contributed by atoms with Crippen LogP contribution in [0.1, 0.15) is 51.0 Å². The van der Waals surface area contributed by atoms with E-state index < -0.39 is 5.60 Å². The first-order valence-corrected chi connectivity index (χ1v) is 9.53. The van der Waals surface area contributed by atoms with Crippen LogP contribution >= 0.6 is 0 Å². The minimum atomic E-state index is -0.451. The molecule has 152 valence electrons. The molecule has 0 unspecified atom stereocenters. The van der Waals surface area contributed by atoms with Crippen LogP contribution in [0.2, 0.25) is 0 Å². The fraction of sp³-hybridized carbons (Fsp3) is 0.737. The van der Waals surface area contributed by atoms with Gasteiger partial charge in [0.1, 0.15) is 11.4 Å². The third-order valence-corrected chi connectivity index (χ3v) is 4.53. The first kappa shape index (κ1) is 21.1. The standard InChI is InChI=1S/C19H33N5O3/c1-13-14(2)26-16(23-13)12-22-17(20-6)21-11-15-7-9-24(10-8-15)18(25)27-19(3,4)5/h15H,7-12H2,1-6H3,(H2,20,21,22). The van der Waals surface area contributed by atoms with Crippen LogP contribution in [0.3, 0.4) is 0 Å². The van der Waals surface area contributed by atoms with Gasteiger partial charge in [-0.1, -0.05) is 0 Å². The van der Waals surface area contributed by atoms with Crippen LogP contribution in [0.5, 0.6) is 0 Å². The molecule has 1 saturated heterocycles. The molecule has 2 rings (SSSR count). The number of aryl methyl sites for hydroxylation is 2. The summed E-state index contributed by atoms with van der Waals surface area (Å²) in [5.41, 5.74) is 0.458. The van der Waals surface area contributed by atoms with Crippen LogP contribution in [0.15, 0.2) is 9.41 Å². The predicted molar refractivity (Wildman–Crippen MR) is 105 cm³/mol. The van der Waals surface area contributed by atoms with Gasteiger partial charge in [0.15, 0.2) is 5.96 Å². The van der Waals surface area contributed by atoms with E-state index in [-0.39, 0.29) is 6.09 Å². The highest BCUT2D eigenvalue weighted by atomic mass is 16.6. The lowest BCUT2D eigenvalue weighted by atomic mass is 9.97. The second-order valence-corrected chi connectivity index (χ2v) is 7.97. The van der Waals surface area contributed by atoms with Crippen LogP contribution in [0, 0.1) is 19.8 Å². The number of rotatable bonds is 4. The number of nitrogens with zero attached hydrogens (tertiary/aromatic N) is 3. The minimum Gasteiger partial charge on any atom is -0.444 e. The Kier molecular flexibility index (Phi) is 7.10. The lowest BCUT2D eigenvalue weighted by molar-refractivity contribution is 0.0185. The molecule has 27 heavy (non-hydrogen) atoms. The van der Waals surface area contributed by atoms with Crippen molar-refractivity contribution in [1.29, 1.82) is 0 Å². The molecule has 8 nitrogen and oxygen atoms in total. The van der Waals surface area contributed by atoms with E-state index in [9.17, 15) is 4.79 Å². The van der Waals surface area contributed by atoms with E-state index in [0.717, 1.165) is 49.9 Å². The van der Waals surface area contributed by atoms with E-state index in [2.05, 4.69) is 20.6 Å². The summed E-state index contributed by atoms with van der Waals surface area (Å²) < 4.78 is 11.0. The molecule has 1 aromatic rings. The van der Waals surface area contributed by atoms with Crippen molar-refractivity contribution in [1.82, 2.24) is 20.5 Å². The Balaban J connectivity index is 1.71. The SMILES string of the molecule is CN=C(NCc1nc(C)c(C)o1)NCC1CCN(C(=O)OC(C)(C)C)CC1. The highest BCUT2D eigenvalue weighted by Crippen LogP contribution is 2.19. The largest absolute Gasteiger partial charge is 0.444 e. The molecular weight excluding hydrogens is 346 g/mol. The summed E-state index contributed by atoms with van der Waals surface area (Å²) in [6.45, 7) is 12.3. The first-order valence-electron chi connectivity index (χ1n) is 9.53. The summed E-state index contributed by atoms with van der Waals surface area (Å²) in [6.07, 6.45) is 1.67. The smallest absolute Gasteiger partial charge is 0.410 e. The number of guanidine groups is 1. The van der Waals surface area contributed by atoms with E-state index >= 15 is 0 Å². The van der Waals surface area contributed by atoms with E-state index in [1.807, 2.05) is 34.6 Å². The Hall–Kier alpha value is -2.25. The van der Waals surface area contributed by atoms with Crippen molar-refractivity contribution < 1.29 is 13.9 Å². The molecule has 0 radical (unpaired) electrons. The van der Waals surface area contributed by atoms with Gasteiger partial charge in [0.2, 0.25) is 5.89 Å². The number of hydrogen-bond acceptors (Lipinski definition) is 5. The molecule has 2 N–H and O–H groups in total. The highest BCUT2D eigenvalue weighted by Gasteiger charge is 2.26. The van der Waals surface area contributed by atoms with Gasteiger partial charge in [-0.3, -0.25) is 4.99 Å². The molecule has 0 aromatic carbocycles. The topological polar surface area (TPSA) is 92.0 Å². The zero-order valence-corrected chi connectivity index (χ0v) is 17.4. The summed E-state index contributed by atoms with van der Waals surface area (Å²) in [5, 5.41) is 6.56. The third-order valence-electron chi connectivity index (χ3n) is 4.53. The Morgan fingerprint density at radius 3 is 2.48 bits per heavy atom. The quantitative estimate of drug-likeness (QED) is 0.617. The number of nitrogens with one attached hydrogen (secondary N) is 2.